The molecule has 0 aliphatic rings. The molecule has 2 aromatic rings. The number of nitrogens with two attached hydrogens (primary N) is 1. The van der Waals surface area contributed by atoms with E-state index >= 15 is 0 Å². The number of rotatable bonds is 0. The average Bonchev–Trinajstić information content (AvgIpc) is 2.31. The van der Waals surface area contributed by atoms with Crippen LogP contribution in [0.3, 0.4) is 0 Å². The van der Waals surface area contributed by atoms with Crippen LogP contribution >= 0.6 is 11.5 Å². The van der Waals surface area contributed by atoms with Gasteiger partial charge in [-0.05, 0) is 25.4 Å². The van der Waals surface area contributed by atoms with Gasteiger partial charge in [-0.2, -0.15) is 4.37 Å². The van der Waals surface area contributed by atoms with Gasteiger partial charge in [-0.15, -0.1) is 0 Å². The summed E-state index contributed by atoms with van der Waals surface area (Å²) < 4.78 is 4.01. The fraction of sp³-hybridized carbons (Fsp3) is 0.286. The van der Waals surface area contributed by atoms with Crippen LogP contribution < -0.4 is 5.73 Å². The number of hydrogen-bond donors (Lipinski definition) is 1. The third-order valence-corrected chi connectivity index (χ3v) is 2.41. The lowest BCUT2D eigenvalue weighted by molar-refractivity contribution is 1.06. The smallest absolute Gasteiger partial charge is 0.149 e. The van der Waals surface area contributed by atoms with Gasteiger partial charge in [0.25, 0.3) is 0 Å². The lowest BCUT2D eigenvalue weighted by Gasteiger charge is -1.96. The maximum atomic E-state index is 5.65. The largest absolute Gasteiger partial charge is 0.382 e. The number of anilines is 1. The summed E-state index contributed by atoms with van der Waals surface area (Å²) in [6.45, 7) is 3.78. The van der Waals surface area contributed by atoms with E-state index in [1.54, 1.807) is 0 Å². The Hall–Kier alpha value is -1.23. The molecule has 0 spiro atoms. The Morgan fingerprint density at radius 2 is 2.00 bits per heavy atom. The van der Waals surface area contributed by atoms with Crippen molar-refractivity contribution in [2.24, 2.45) is 0 Å². The second-order valence-electron chi connectivity index (χ2n) is 2.60. The number of aryl methyl sites for hydroxylation is 2. The maximum Gasteiger partial charge on any atom is 0.149 e. The first-order valence-corrected chi connectivity index (χ1v) is 4.32. The normalized spacial score (nSPS) is 10.8. The second kappa shape index (κ2) is 2.38. The minimum atomic E-state index is 0.535. The minimum Gasteiger partial charge on any atom is -0.382 e. The topological polar surface area (TPSA) is 64.7 Å². The van der Waals surface area contributed by atoms with Crippen molar-refractivity contribution < 1.29 is 0 Å². The van der Waals surface area contributed by atoms with Crippen LogP contribution in [0.25, 0.3) is 10.2 Å². The summed E-state index contributed by atoms with van der Waals surface area (Å²) in [5.74, 6) is 1.30. The highest BCUT2D eigenvalue weighted by Gasteiger charge is 2.08. The van der Waals surface area contributed by atoms with Gasteiger partial charge in [0, 0.05) is 0 Å². The van der Waals surface area contributed by atoms with E-state index in [9.17, 15) is 0 Å². The van der Waals surface area contributed by atoms with Crippen LogP contribution in [0.5, 0.6) is 0 Å². The highest BCUT2D eigenvalue weighted by molar-refractivity contribution is 7.13. The first-order valence-electron chi connectivity index (χ1n) is 3.54. The molecular weight excluding hydrogens is 172 g/mol. The third-order valence-electron chi connectivity index (χ3n) is 1.66. The molecule has 0 bridgehead atoms. The quantitative estimate of drug-likeness (QED) is 0.663. The standard InChI is InChI=1S/C7H8N4S/c1-3-5-6(8)11-12-7(5)10-4(2)9-3/h1-2H3,(H2,8,11). The molecule has 4 nitrogen and oxygen atoms in total. The van der Waals surface area contributed by atoms with Gasteiger partial charge in [0.05, 0.1) is 11.1 Å². The summed E-state index contributed by atoms with van der Waals surface area (Å²) in [5.41, 5.74) is 6.55. The minimum absolute atomic E-state index is 0.535. The molecule has 0 fully saturated rings. The highest BCUT2D eigenvalue weighted by Crippen LogP contribution is 2.24. The molecule has 0 amide bonds. The van der Waals surface area contributed by atoms with Crippen molar-refractivity contribution in [1.29, 1.82) is 0 Å². The first kappa shape index (κ1) is 7.42. The van der Waals surface area contributed by atoms with Gasteiger partial charge in [-0.1, -0.05) is 0 Å². The molecule has 0 radical (unpaired) electrons. The summed E-state index contributed by atoms with van der Waals surface area (Å²) in [6, 6.07) is 0. The first-order chi connectivity index (χ1) is 5.68. The zero-order chi connectivity index (χ0) is 8.72. The fourth-order valence-corrected chi connectivity index (χ4v) is 1.97. The van der Waals surface area contributed by atoms with Crippen molar-refractivity contribution in [3.05, 3.63) is 11.5 Å². The van der Waals surface area contributed by atoms with E-state index in [4.69, 9.17) is 5.73 Å². The van der Waals surface area contributed by atoms with Crippen LogP contribution in [0.2, 0.25) is 0 Å². The Kier molecular flexibility index (Phi) is 1.47. The van der Waals surface area contributed by atoms with Crippen LogP contribution in [-0.2, 0) is 0 Å². The van der Waals surface area contributed by atoms with E-state index in [0.717, 1.165) is 21.7 Å². The molecule has 0 unspecified atom stereocenters. The van der Waals surface area contributed by atoms with Gasteiger partial charge in [-0.3, -0.25) is 0 Å². The molecule has 0 atom stereocenters. The second-order valence-corrected chi connectivity index (χ2v) is 3.36. The molecule has 2 N–H and O–H groups in total. The Morgan fingerprint density at radius 3 is 2.75 bits per heavy atom. The molecular formula is C7H8N4S. The van der Waals surface area contributed by atoms with Gasteiger partial charge in [0.2, 0.25) is 0 Å². The zero-order valence-electron chi connectivity index (χ0n) is 6.83. The van der Waals surface area contributed by atoms with Crippen molar-refractivity contribution in [1.82, 2.24) is 14.3 Å². The average molecular weight is 180 g/mol. The summed E-state index contributed by atoms with van der Waals surface area (Å²) in [5, 5.41) is 0.894. The highest BCUT2D eigenvalue weighted by atomic mass is 32.1. The molecule has 0 aliphatic heterocycles. The number of nitrogens with zero attached hydrogens (tertiary/aromatic N) is 3. The molecule has 0 saturated carbocycles. The van der Waals surface area contributed by atoms with Crippen molar-refractivity contribution in [3.8, 4) is 0 Å². The van der Waals surface area contributed by atoms with E-state index in [-0.39, 0.29) is 0 Å². The predicted octanol–water partition coefficient (Wildman–Crippen LogP) is 1.29. The van der Waals surface area contributed by atoms with Gasteiger partial charge in [0.1, 0.15) is 16.5 Å². The van der Waals surface area contributed by atoms with Crippen molar-refractivity contribution in [2.45, 2.75) is 13.8 Å². The van der Waals surface area contributed by atoms with Crippen LogP contribution in [0.4, 0.5) is 5.82 Å². The van der Waals surface area contributed by atoms with E-state index in [2.05, 4.69) is 14.3 Å². The van der Waals surface area contributed by atoms with Crippen molar-refractivity contribution in [3.63, 3.8) is 0 Å². The SMILES string of the molecule is Cc1nc(C)c2c(N)nsc2n1. The summed E-state index contributed by atoms with van der Waals surface area (Å²) in [6.07, 6.45) is 0. The molecule has 62 valence electrons. The van der Waals surface area contributed by atoms with Crippen LogP contribution in [-0.4, -0.2) is 14.3 Å². The Bertz CT molecular complexity index is 434. The van der Waals surface area contributed by atoms with Gasteiger partial charge in [0.15, 0.2) is 0 Å². The molecule has 0 aromatic carbocycles. The zero-order valence-corrected chi connectivity index (χ0v) is 7.64. The lowest BCUT2D eigenvalue weighted by atomic mass is 10.3. The molecule has 2 heterocycles. The van der Waals surface area contributed by atoms with Crippen LogP contribution in [0.15, 0.2) is 0 Å². The number of nitrogen functional groups attached to an aromatic ring is 1. The van der Waals surface area contributed by atoms with Crippen LogP contribution in [0.1, 0.15) is 11.5 Å². The fourth-order valence-electron chi connectivity index (χ4n) is 1.18. The Morgan fingerprint density at radius 1 is 1.25 bits per heavy atom. The predicted molar refractivity (Wildman–Crippen MR) is 49.1 cm³/mol. The third kappa shape index (κ3) is 0.937. The Labute approximate surface area is 73.6 Å². The summed E-state index contributed by atoms with van der Waals surface area (Å²) >= 11 is 1.32. The van der Waals surface area contributed by atoms with Gasteiger partial charge >= 0.3 is 0 Å². The van der Waals surface area contributed by atoms with E-state index in [0.29, 0.717) is 5.82 Å². The molecule has 12 heavy (non-hydrogen) atoms. The molecule has 2 rings (SSSR count). The van der Waals surface area contributed by atoms with E-state index < -0.39 is 0 Å². The number of hydrogen-bond acceptors (Lipinski definition) is 5. The summed E-state index contributed by atoms with van der Waals surface area (Å²) in [4.78, 5) is 9.31. The van der Waals surface area contributed by atoms with Crippen molar-refractivity contribution >= 4 is 27.6 Å². The lowest BCUT2D eigenvalue weighted by Crippen LogP contribution is -1.92. The molecule has 0 aliphatic carbocycles. The molecule has 5 heteroatoms. The van der Waals surface area contributed by atoms with Gasteiger partial charge < -0.3 is 5.73 Å². The maximum absolute atomic E-state index is 5.65. The molecule has 2 aromatic heterocycles. The monoisotopic (exact) mass is 180 g/mol. The molecule has 0 saturated heterocycles. The van der Waals surface area contributed by atoms with E-state index in [1.165, 1.54) is 11.5 Å². The Balaban J connectivity index is 2.93. The number of aromatic nitrogens is 3. The van der Waals surface area contributed by atoms with E-state index in [1.807, 2.05) is 13.8 Å². The van der Waals surface area contributed by atoms with Crippen LogP contribution in [0, 0.1) is 13.8 Å². The summed E-state index contributed by atoms with van der Waals surface area (Å²) in [7, 11) is 0. The number of fused-ring (bicyclic) bond motifs is 1. The van der Waals surface area contributed by atoms with Gasteiger partial charge in [-0.25, -0.2) is 9.97 Å². The van der Waals surface area contributed by atoms with Crippen molar-refractivity contribution in [2.75, 3.05) is 5.73 Å².